The van der Waals surface area contributed by atoms with E-state index in [9.17, 15) is 9.18 Å². The predicted molar refractivity (Wildman–Crippen MR) is 88.3 cm³/mol. The van der Waals surface area contributed by atoms with Crippen molar-refractivity contribution >= 4 is 34.2 Å². The van der Waals surface area contributed by atoms with Gasteiger partial charge in [0.25, 0.3) is 0 Å². The zero-order valence-corrected chi connectivity index (χ0v) is 14.4. The van der Waals surface area contributed by atoms with Crippen molar-refractivity contribution < 1.29 is 9.18 Å². The average Bonchev–Trinajstić information content (AvgIpc) is 2.44. The number of carbonyl (C=O) groups is 1. The summed E-state index contributed by atoms with van der Waals surface area (Å²) >= 11 is 3.18. The van der Waals surface area contributed by atoms with Gasteiger partial charge in [0.1, 0.15) is 5.82 Å². The zero-order chi connectivity index (χ0) is 14.5. The highest BCUT2D eigenvalue weighted by Crippen LogP contribution is 2.18. The van der Waals surface area contributed by atoms with Crippen LogP contribution < -0.4 is 10.6 Å². The first-order valence-electron chi connectivity index (χ1n) is 7.01. The monoisotopic (exact) mass is 378 g/mol. The third-order valence-corrected chi connectivity index (χ3v) is 4.19. The van der Waals surface area contributed by atoms with Crippen LogP contribution in [-0.4, -0.2) is 25.0 Å². The Balaban J connectivity index is 0.00000220. The van der Waals surface area contributed by atoms with Crippen molar-refractivity contribution in [1.82, 2.24) is 10.6 Å². The topological polar surface area (TPSA) is 41.1 Å². The number of rotatable bonds is 4. The van der Waals surface area contributed by atoms with Crippen LogP contribution in [0.5, 0.6) is 0 Å². The van der Waals surface area contributed by atoms with Crippen molar-refractivity contribution in [1.29, 1.82) is 0 Å². The first kappa shape index (κ1) is 18.4. The molecule has 1 aromatic carbocycles. The standard InChI is InChI=1S/C15H20BrFN2O.ClH/c1-10(7-11-4-5-14(17)13(16)8-11)19-15(20)12-3-2-6-18-9-12;/h4-5,8,10,12,18H,2-3,6-7,9H2,1H3,(H,19,20);1H. The molecule has 0 radical (unpaired) electrons. The van der Waals surface area contributed by atoms with Crippen LogP contribution >= 0.6 is 28.3 Å². The molecule has 1 aliphatic rings. The van der Waals surface area contributed by atoms with Gasteiger partial charge in [-0.2, -0.15) is 0 Å². The Labute approximate surface area is 139 Å². The van der Waals surface area contributed by atoms with Gasteiger partial charge in [-0.1, -0.05) is 6.07 Å². The van der Waals surface area contributed by atoms with Gasteiger partial charge in [-0.05, 0) is 66.4 Å². The van der Waals surface area contributed by atoms with Crippen LogP contribution in [0.3, 0.4) is 0 Å². The molecule has 0 aliphatic carbocycles. The van der Waals surface area contributed by atoms with Crippen LogP contribution in [0.2, 0.25) is 0 Å². The summed E-state index contributed by atoms with van der Waals surface area (Å²) in [6.07, 6.45) is 2.70. The molecule has 2 rings (SSSR count). The number of hydrogen-bond donors (Lipinski definition) is 2. The number of nitrogens with one attached hydrogen (secondary N) is 2. The van der Waals surface area contributed by atoms with E-state index in [1.54, 1.807) is 12.1 Å². The van der Waals surface area contributed by atoms with Gasteiger partial charge >= 0.3 is 0 Å². The molecule has 2 atom stereocenters. The van der Waals surface area contributed by atoms with Crippen LogP contribution in [-0.2, 0) is 11.2 Å². The van der Waals surface area contributed by atoms with E-state index >= 15 is 0 Å². The van der Waals surface area contributed by atoms with Crippen molar-refractivity contribution in [2.75, 3.05) is 13.1 Å². The highest BCUT2D eigenvalue weighted by atomic mass is 79.9. The number of hydrogen-bond acceptors (Lipinski definition) is 2. The van der Waals surface area contributed by atoms with E-state index in [0.717, 1.165) is 31.5 Å². The van der Waals surface area contributed by atoms with Crippen molar-refractivity contribution in [3.05, 3.63) is 34.1 Å². The molecule has 0 aromatic heterocycles. The molecule has 21 heavy (non-hydrogen) atoms. The maximum absolute atomic E-state index is 13.2. The summed E-state index contributed by atoms with van der Waals surface area (Å²) in [5.74, 6) is -0.0734. The number of benzene rings is 1. The molecule has 0 spiro atoms. The van der Waals surface area contributed by atoms with Crippen molar-refractivity contribution in [2.45, 2.75) is 32.2 Å². The van der Waals surface area contributed by atoms with Crippen LogP contribution in [0.1, 0.15) is 25.3 Å². The Bertz CT molecular complexity index is 481. The van der Waals surface area contributed by atoms with E-state index < -0.39 is 0 Å². The van der Waals surface area contributed by atoms with E-state index in [1.165, 1.54) is 6.07 Å². The Kier molecular flexibility index (Phi) is 7.63. The maximum Gasteiger partial charge on any atom is 0.224 e. The molecule has 3 nitrogen and oxygen atoms in total. The van der Waals surface area contributed by atoms with Gasteiger partial charge in [0.2, 0.25) is 5.91 Å². The second-order valence-corrected chi connectivity index (χ2v) is 6.26. The second kappa shape index (κ2) is 8.71. The van der Waals surface area contributed by atoms with E-state index in [1.807, 2.05) is 6.92 Å². The summed E-state index contributed by atoms with van der Waals surface area (Å²) in [7, 11) is 0. The molecule has 6 heteroatoms. The van der Waals surface area contributed by atoms with Gasteiger partial charge in [0, 0.05) is 12.6 Å². The fraction of sp³-hybridized carbons (Fsp3) is 0.533. The van der Waals surface area contributed by atoms with Gasteiger partial charge in [-0.15, -0.1) is 12.4 Å². The maximum atomic E-state index is 13.2. The molecule has 118 valence electrons. The first-order valence-corrected chi connectivity index (χ1v) is 7.80. The number of amides is 1. The Morgan fingerprint density at radius 1 is 1.57 bits per heavy atom. The van der Waals surface area contributed by atoms with Crippen LogP contribution in [0.15, 0.2) is 22.7 Å². The molecule has 2 unspecified atom stereocenters. The fourth-order valence-electron chi connectivity index (χ4n) is 2.51. The van der Waals surface area contributed by atoms with Crippen molar-refractivity contribution in [2.24, 2.45) is 5.92 Å². The summed E-state index contributed by atoms with van der Waals surface area (Å²) in [5, 5.41) is 6.29. The van der Waals surface area contributed by atoms with Crippen LogP contribution in [0.25, 0.3) is 0 Å². The number of halogens is 3. The molecule has 0 saturated carbocycles. The first-order chi connectivity index (χ1) is 9.56. The molecule has 1 heterocycles. The van der Waals surface area contributed by atoms with Crippen molar-refractivity contribution in [3.63, 3.8) is 0 Å². The van der Waals surface area contributed by atoms with Crippen LogP contribution in [0, 0.1) is 11.7 Å². The molecule has 2 N–H and O–H groups in total. The van der Waals surface area contributed by atoms with Crippen molar-refractivity contribution in [3.8, 4) is 0 Å². The number of carbonyl (C=O) groups excluding carboxylic acids is 1. The van der Waals surface area contributed by atoms with E-state index in [-0.39, 0.29) is 36.1 Å². The minimum atomic E-state index is -0.265. The lowest BCUT2D eigenvalue weighted by Crippen LogP contribution is -2.44. The normalized spacial score (nSPS) is 19.5. The highest BCUT2D eigenvalue weighted by molar-refractivity contribution is 9.10. The lowest BCUT2D eigenvalue weighted by atomic mass is 9.98. The molecule has 1 saturated heterocycles. The third kappa shape index (κ3) is 5.57. The van der Waals surface area contributed by atoms with Gasteiger partial charge in [0.15, 0.2) is 0 Å². The van der Waals surface area contributed by atoms with Crippen LogP contribution in [0.4, 0.5) is 4.39 Å². The van der Waals surface area contributed by atoms with Gasteiger partial charge in [-0.25, -0.2) is 4.39 Å². The Hall–Kier alpha value is -0.650. The largest absolute Gasteiger partial charge is 0.353 e. The minimum Gasteiger partial charge on any atom is -0.353 e. The summed E-state index contributed by atoms with van der Waals surface area (Å²) in [5.41, 5.74) is 1.01. The summed E-state index contributed by atoms with van der Waals surface area (Å²) in [6.45, 7) is 3.75. The Morgan fingerprint density at radius 2 is 2.33 bits per heavy atom. The molecular weight excluding hydrogens is 359 g/mol. The quantitative estimate of drug-likeness (QED) is 0.844. The Morgan fingerprint density at radius 3 is 2.95 bits per heavy atom. The SMILES string of the molecule is CC(Cc1ccc(F)c(Br)c1)NC(=O)C1CCCNC1.Cl. The predicted octanol–water partition coefficient (Wildman–Crippen LogP) is 3.06. The van der Waals surface area contributed by atoms with Gasteiger partial charge in [0.05, 0.1) is 10.4 Å². The second-order valence-electron chi connectivity index (χ2n) is 5.41. The smallest absolute Gasteiger partial charge is 0.224 e. The summed E-state index contributed by atoms with van der Waals surface area (Å²) < 4.78 is 13.6. The van der Waals surface area contributed by atoms with Gasteiger partial charge in [-0.3, -0.25) is 4.79 Å². The number of piperidine rings is 1. The molecule has 0 bridgehead atoms. The highest BCUT2D eigenvalue weighted by Gasteiger charge is 2.22. The molecule has 1 amide bonds. The lowest BCUT2D eigenvalue weighted by molar-refractivity contribution is -0.126. The van der Waals surface area contributed by atoms with E-state index in [0.29, 0.717) is 10.9 Å². The molecule has 1 fully saturated rings. The average molecular weight is 380 g/mol. The minimum absolute atomic E-state index is 0. The molecule has 1 aromatic rings. The summed E-state index contributed by atoms with van der Waals surface area (Å²) in [4.78, 5) is 12.1. The fourth-order valence-corrected chi connectivity index (χ4v) is 2.93. The lowest BCUT2D eigenvalue weighted by Gasteiger charge is -2.24. The van der Waals surface area contributed by atoms with E-state index in [4.69, 9.17) is 0 Å². The van der Waals surface area contributed by atoms with Gasteiger partial charge < -0.3 is 10.6 Å². The summed E-state index contributed by atoms with van der Waals surface area (Å²) in [6, 6.07) is 5.01. The van der Waals surface area contributed by atoms with E-state index in [2.05, 4.69) is 26.6 Å². The molecular formula is C15H21BrClFN2O. The zero-order valence-electron chi connectivity index (χ0n) is 12.0. The molecule has 1 aliphatic heterocycles. The third-order valence-electron chi connectivity index (χ3n) is 3.58.